The molecule has 0 saturated carbocycles. The van der Waals surface area contributed by atoms with Gasteiger partial charge in [-0.2, -0.15) is 9.78 Å². The van der Waals surface area contributed by atoms with Gasteiger partial charge in [0.2, 0.25) is 11.7 Å². The van der Waals surface area contributed by atoms with Gasteiger partial charge in [-0.1, -0.05) is 37.3 Å². The maximum absolute atomic E-state index is 13.0. The van der Waals surface area contributed by atoms with E-state index in [-0.39, 0.29) is 11.5 Å². The normalized spacial score (nSPS) is 10.6. The fourth-order valence-corrected chi connectivity index (χ4v) is 3.93. The van der Waals surface area contributed by atoms with Crippen LogP contribution in [0.3, 0.4) is 0 Å². The number of aryl methyl sites for hydroxylation is 1. The molecule has 0 radical (unpaired) electrons. The lowest BCUT2D eigenvalue weighted by atomic mass is 10.2. The first-order valence-electron chi connectivity index (χ1n) is 11.5. The minimum atomic E-state index is -0.556. The van der Waals surface area contributed by atoms with Crippen LogP contribution in [0.4, 0.5) is 16.3 Å². The highest BCUT2D eigenvalue weighted by molar-refractivity contribution is 6.00. The summed E-state index contributed by atoms with van der Waals surface area (Å²) >= 11 is 0. The van der Waals surface area contributed by atoms with Crippen molar-refractivity contribution in [3.8, 4) is 34.5 Å². The molecular weight excluding hydrogens is 476 g/mol. The minimum Gasteiger partial charge on any atom is -0.493 e. The number of carbonyl (C=O) groups is 1. The predicted octanol–water partition coefficient (Wildman–Crippen LogP) is 4.16. The predicted molar refractivity (Wildman–Crippen MR) is 140 cm³/mol. The molecule has 192 valence electrons. The lowest BCUT2D eigenvalue weighted by molar-refractivity contribution is 0.262. The van der Waals surface area contributed by atoms with Crippen molar-refractivity contribution in [1.82, 2.24) is 19.7 Å². The molecule has 37 heavy (non-hydrogen) atoms. The van der Waals surface area contributed by atoms with E-state index in [0.29, 0.717) is 52.1 Å². The van der Waals surface area contributed by atoms with Gasteiger partial charge in [-0.25, -0.2) is 9.78 Å². The molecule has 2 heterocycles. The molecule has 4 aromatic rings. The standard InChI is InChI=1S/C26H28N6O5/c1-6-18-15(2)27-25(30-24(18)33)32-22(14-19(31-32)16-10-8-7-9-11-16)29-26(34)28-17-12-20(35-3)23(37-5)21(13-17)36-4/h7-14H,6H2,1-5H3,(H,27,30,33)(H2,28,29,34). The first kappa shape index (κ1) is 25.3. The number of nitrogens with zero attached hydrogens (tertiary/aromatic N) is 3. The van der Waals surface area contributed by atoms with Gasteiger partial charge in [0.1, 0.15) is 5.82 Å². The second-order valence-electron chi connectivity index (χ2n) is 7.99. The Morgan fingerprint density at radius 3 is 2.24 bits per heavy atom. The number of anilines is 2. The number of amides is 2. The highest BCUT2D eigenvalue weighted by Crippen LogP contribution is 2.40. The van der Waals surface area contributed by atoms with Gasteiger partial charge < -0.3 is 19.5 Å². The monoisotopic (exact) mass is 504 g/mol. The second kappa shape index (κ2) is 10.9. The summed E-state index contributed by atoms with van der Waals surface area (Å²) in [6.45, 7) is 3.66. The van der Waals surface area contributed by atoms with Gasteiger partial charge in [-0.15, -0.1) is 0 Å². The van der Waals surface area contributed by atoms with Crippen molar-refractivity contribution in [2.75, 3.05) is 32.0 Å². The second-order valence-corrected chi connectivity index (χ2v) is 7.99. The number of hydrogen-bond donors (Lipinski definition) is 3. The van der Waals surface area contributed by atoms with Gasteiger partial charge in [-0.05, 0) is 13.3 Å². The zero-order valence-electron chi connectivity index (χ0n) is 21.2. The van der Waals surface area contributed by atoms with Crippen molar-refractivity contribution in [2.24, 2.45) is 0 Å². The lowest BCUT2D eigenvalue weighted by Crippen LogP contribution is -2.24. The van der Waals surface area contributed by atoms with E-state index in [9.17, 15) is 9.59 Å². The fraction of sp³-hybridized carbons (Fsp3) is 0.231. The Bertz CT molecular complexity index is 1450. The molecule has 0 spiro atoms. The van der Waals surface area contributed by atoms with Crippen molar-refractivity contribution in [3.05, 3.63) is 70.1 Å². The Balaban J connectivity index is 1.71. The van der Waals surface area contributed by atoms with Gasteiger partial charge in [0.15, 0.2) is 11.5 Å². The molecule has 11 heteroatoms. The third-order valence-corrected chi connectivity index (χ3v) is 5.71. The van der Waals surface area contributed by atoms with E-state index in [1.54, 1.807) is 25.1 Å². The van der Waals surface area contributed by atoms with Crippen LogP contribution in [0.5, 0.6) is 17.2 Å². The summed E-state index contributed by atoms with van der Waals surface area (Å²) in [6.07, 6.45) is 0.547. The van der Waals surface area contributed by atoms with Crippen LogP contribution < -0.4 is 30.4 Å². The molecule has 0 fully saturated rings. The van der Waals surface area contributed by atoms with Crippen LogP contribution in [-0.2, 0) is 6.42 Å². The highest BCUT2D eigenvalue weighted by atomic mass is 16.5. The van der Waals surface area contributed by atoms with Crippen LogP contribution in [-0.4, -0.2) is 47.1 Å². The largest absolute Gasteiger partial charge is 0.493 e. The number of rotatable bonds is 8. The van der Waals surface area contributed by atoms with Crippen molar-refractivity contribution < 1.29 is 19.0 Å². The van der Waals surface area contributed by atoms with E-state index in [1.807, 2.05) is 37.3 Å². The summed E-state index contributed by atoms with van der Waals surface area (Å²) < 4.78 is 17.4. The highest BCUT2D eigenvalue weighted by Gasteiger charge is 2.19. The van der Waals surface area contributed by atoms with E-state index in [0.717, 1.165) is 5.56 Å². The summed E-state index contributed by atoms with van der Waals surface area (Å²) in [5.41, 5.74) is 2.76. The molecule has 2 aromatic carbocycles. The van der Waals surface area contributed by atoms with Crippen molar-refractivity contribution in [1.29, 1.82) is 0 Å². The van der Waals surface area contributed by atoms with Gasteiger partial charge in [-0.3, -0.25) is 15.1 Å². The number of aromatic amines is 1. The van der Waals surface area contributed by atoms with Gasteiger partial charge >= 0.3 is 6.03 Å². The molecule has 0 bridgehead atoms. The van der Waals surface area contributed by atoms with E-state index in [1.165, 1.54) is 26.0 Å². The van der Waals surface area contributed by atoms with Crippen LogP contribution in [0.1, 0.15) is 18.2 Å². The van der Waals surface area contributed by atoms with Crippen LogP contribution in [0.2, 0.25) is 0 Å². The Morgan fingerprint density at radius 2 is 1.68 bits per heavy atom. The number of H-pyrrole nitrogens is 1. The molecule has 3 N–H and O–H groups in total. The number of carbonyl (C=O) groups excluding carboxylic acids is 1. The number of methoxy groups -OCH3 is 3. The smallest absolute Gasteiger partial charge is 0.324 e. The SMILES string of the molecule is CCc1c(C)nc(-n2nc(-c3ccccc3)cc2NC(=O)Nc2cc(OC)c(OC)c(OC)c2)[nH]c1=O. The minimum absolute atomic E-state index is 0.185. The number of nitrogens with one attached hydrogen (secondary N) is 3. The van der Waals surface area contributed by atoms with Crippen LogP contribution in [0.15, 0.2) is 53.3 Å². The molecule has 4 rings (SSSR count). The average Bonchev–Trinajstić information content (AvgIpc) is 3.31. The van der Waals surface area contributed by atoms with Gasteiger partial charge in [0, 0.05) is 35.0 Å². The summed E-state index contributed by atoms with van der Waals surface area (Å²) in [7, 11) is 4.48. The average molecular weight is 505 g/mol. The first-order chi connectivity index (χ1) is 17.9. The Morgan fingerprint density at radius 1 is 1.00 bits per heavy atom. The van der Waals surface area contributed by atoms with E-state index in [2.05, 4.69) is 25.7 Å². The molecule has 0 aliphatic heterocycles. The molecule has 2 amide bonds. The van der Waals surface area contributed by atoms with Crippen molar-refractivity contribution in [3.63, 3.8) is 0 Å². The van der Waals surface area contributed by atoms with Crippen LogP contribution in [0, 0.1) is 6.92 Å². The summed E-state index contributed by atoms with van der Waals surface area (Å²) in [5.74, 6) is 1.67. The topological polar surface area (TPSA) is 132 Å². The summed E-state index contributed by atoms with van der Waals surface area (Å²) in [5, 5.41) is 10.2. The van der Waals surface area contributed by atoms with Gasteiger partial charge in [0.05, 0.1) is 32.7 Å². The Labute approximate surface area is 213 Å². The third kappa shape index (κ3) is 5.25. The first-order valence-corrected chi connectivity index (χ1v) is 11.5. The maximum atomic E-state index is 13.0. The van der Waals surface area contributed by atoms with Crippen LogP contribution in [0.25, 0.3) is 17.2 Å². The van der Waals surface area contributed by atoms with E-state index < -0.39 is 6.03 Å². The Kier molecular flexibility index (Phi) is 7.42. The lowest BCUT2D eigenvalue weighted by Gasteiger charge is -2.15. The van der Waals surface area contributed by atoms with E-state index >= 15 is 0 Å². The van der Waals surface area contributed by atoms with Gasteiger partial charge in [0.25, 0.3) is 5.56 Å². The molecule has 0 aliphatic carbocycles. The molecular formula is C26H28N6O5. The molecule has 11 nitrogen and oxygen atoms in total. The van der Waals surface area contributed by atoms with E-state index in [4.69, 9.17) is 14.2 Å². The molecule has 0 unspecified atom stereocenters. The Hall–Kier alpha value is -4.80. The number of urea groups is 1. The van der Waals surface area contributed by atoms with Crippen molar-refractivity contribution >= 4 is 17.5 Å². The molecule has 2 aromatic heterocycles. The zero-order chi connectivity index (χ0) is 26.5. The number of hydrogen-bond acceptors (Lipinski definition) is 7. The zero-order valence-corrected chi connectivity index (χ0v) is 21.2. The van der Waals surface area contributed by atoms with Crippen LogP contribution >= 0.6 is 0 Å². The quantitative estimate of drug-likeness (QED) is 0.328. The number of aromatic nitrogens is 4. The summed E-state index contributed by atoms with van der Waals surface area (Å²) in [4.78, 5) is 32.9. The maximum Gasteiger partial charge on any atom is 0.324 e. The number of ether oxygens (including phenoxy) is 3. The molecule has 0 atom stereocenters. The summed E-state index contributed by atoms with van der Waals surface area (Å²) in [6, 6.07) is 13.8. The fourth-order valence-electron chi connectivity index (χ4n) is 3.93. The third-order valence-electron chi connectivity index (χ3n) is 5.71. The molecule has 0 aliphatic rings. The number of benzene rings is 2. The molecule has 0 saturated heterocycles. The van der Waals surface area contributed by atoms with Crippen molar-refractivity contribution in [2.45, 2.75) is 20.3 Å².